The van der Waals surface area contributed by atoms with Gasteiger partial charge in [-0.3, -0.25) is 4.79 Å². The minimum absolute atomic E-state index is 0.0977. The summed E-state index contributed by atoms with van der Waals surface area (Å²) in [5, 5.41) is 55.2. The maximum atomic E-state index is 14.6. The fourth-order valence-corrected chi connectivity index (χ4v) is 10.6. The number of nitrogens with zero attached hydrogens (tertiary/aromatic N) is 3. The van der Waals surface area contributed by atoms with Crippen molar-refractivity contribution in [3.63, 3.8) is 0 Å². The monoisotopic (exact) mass is 936 g/mol. The molecule has 0 amide bonds. The first-order chi connectivity index (χ1) is 31.0. The van der Waals surface area contributed by atoms with Gasteiger partial charge < -0.3 is 73.9 Å². The van der Waals surface area contributed by atoms with E-state index in [1.165, 1.54) is 6.92 Å². The van der Waals surface area contributed by atoms with Crippen molar-refractivity contribution in [3.8, 4) is 5.88 Å². The van der Waals surface area contributed by atoms with E-state index in [0.29, 0.717) is 36.5 Å². The third kappa shape index (κ3) is 11.3. The number of aliphatic hydroxyl groups excluding tert-OH is 1. The van der Waals surface area contributed by atoms with Crippen LogP contribution >= 0.6 is 0 Å². The minimum Gasteiger partial charge on any atom is -0.481 e. The van der Waals surface area contributed by atoms with Crippen LogP contribution in [0.2, 0.25) is 0 Å². The van der Waals surface area contributed by atoms with Crippen molar-refractivity contribution < 1.29 is 63.1 Å². The number of pyridine rings is 1. The van der Waals surface area contributed by atoms with Crippen molar-refractivity contribution in [2.24, 2.45) is 28.7 Å². The molecule has 66 heavy (non-hydrogen) atoms. The highest BCUT2D eigenvalue weighted by Crippen LogP contribution is 2.44. The van der Waals surface area contributed by atoms with Gasteiger partial charge in [0.1, 0.15) is 29.0 Å². The van der Waals surface area contributed by atoms with Gasteiger partial charge in [-0.1, -0.05) is 20.8 Å². The topological polar surface area (TPSA) is 224 Å². The molecule has 18 atom stereocenters. The lowest BCUT2D eigenvalue weighted by molar-refractivity contribution is -0.335. The number of aliphatic hydroxyl groups is 4. The van der Waals surface area contributed by atoms with Gasteiger partial charge in [-0.15, -0.1) is 0 Å². The lowest BCUT2D eigenvalue weighted by Crippen LogP contribution is -2.70. The smallest absolute Gasteiger partial charge is 0.311 e. The Bertz CT molecular complexity index is 1790. The molecule has 1 aromatic heterocycles. The summed E-state index contributed by atoms with van der Waals surface area (Å²) in [6.07, 6.45) is -3.17. The molecular formula is C48H81N5O13. The lowest BCUT2D eigenvalue weighted by atomic mass is 9.75. The molecular weight excluding hydrogens is 855 g/mol. The molecule has 0 aromatic carbocycles. The summed E-state index contributed by atoms with van der Waals surface area (Å²) in [5.41, 5.74) is -5.43. The quantitative estimate of drug-likeness (QED) is 0.165. The number of hydrogen-bond donors (Lipinski definition) is 6. The number of fused-ring (bicyclic) bond motifs is 1. The molecule has 0 unspecified atom stereocenters. The van der Waals surface area contributed by atoms with E-state index >= 15 is 0 Å². The van der Waals surface area contributed by atoms with Gasteiger partial charge in [0, 0.05) is 45.1 Å². The van der Waals surface area contributed by atoms with Crippen LogP contribution in [0.1, 0.15) is 108 Å². The van der Waals surface area contributed by atoms with E-state index in [0.717, 1.165) is 19.4 Å². The molecule has 1 saturated carbocycles. The van der Waals surface area contributed by atoms with E-state index in [4.69, 9.17) is 42.9 Å². The first kappa shape index (κ1) is 52.6. The van der Waals surface area contributed by atoms with E-state index < -0.39 is 95.5 Å². The molecule has 6 N–H and O–H groups in total. The van der Waals surface area contributed by atoms with E-state index in [-0.39, 0.29) is 43.9 Å². The number of esters is 1. The average Bonchev–Trinajstić information content (AvgIpc) is 4.05. The first-order valence-electron chi connectivity index (χ1n) is 24.1. The molecule has 18 heteroatoms. The van der Waals surface area contributed by atoms with Crippen molar-refractivity contribution in [2.75, 3.05) is 40.9 Å². The maximum Gasteiger partial charge on any atom is 0.311 e. The Hall–Kier alpha value is -2.75. The van der Waals surface area contributed by atoms with Crippen molar-refractivity contribution in [1.82, 2.24) is 20.5 Å². The summed E-state index contributed by atoms with van der Waals surface area (Å²) < 4.78 is 51.3. The van der Waals surface area contributed by atoms with Gasteiger partial charge in [-0.25, -0.2) is 4.98 Å². The Kier molecular flexibility index (Phi) is 16.8. The summed E-state index contributed by atoms with van der Waals surface area (Å²) in [7, 11) is 5.01. The number of amidine groups is 1. The Balaban J connectivity index is 1.37. The minimum atomic E-state index is -1.83. The van der Waals surface area contributed by atoms with Crippen molar-refractivity contribution in [2.45, 2.75) is 198 Å². The predicted octanol–water partition coefficient (Wildman–Crippen LogP) is 3.43. The van der Waals surface area contributed by atoms with Crippen LogP contribution in [0.4, 0.5) is 5.69 Å². The number of likely N-dealkylation sites (N-methyl/N-ethyl adjacent to an activating group) is 1. The van der Waals surface area contributed by atoms with E-state index in [9.17, 15) is 25.2 Å². The zero-order valence-electron chi connectivity index (χ0n) is 41.6. The summed E-state index contributed by atoms with van der Waals surface area (Å²) in [6.45, 7) is 19.2. The van der Waals surface area contributed by atoms with Gasteiger partial charge in [0.25, 0.3) is 6.02 Å². The third-order valence-electron chi connectivity index (χ3n) is 15.2. The van der Waals surface area contributed by atoms with Gasteiger partial charge in [0.05, 0.1) is 61.0 Å². The predicted molar refractivity (Wildman–Crippen MR) is 245 cm³/mol. The van der Waals surface area contributed by atoms with Crippen LogP contribution in [0.3, 0.4) is 0 Å². The van der Waals surface area contributed by atoms with Crippen LogP contribution in [0, 0.1) is 23.7 Å². The third-order valence-corrected chi connectivity index (χ3v) is 15.2. The maximum absolute atomic E-state index is 14.6. The highest BCUT2D eigenvalue weighted by molar-refractivity contribution is 5.79. The molecule has 18 nitrogen and oxygen atoms in total. The molecule has 6 rings (SSSR count). The highest BCUT2D eigenvalue weighted by atomic mass is 16.7. The summed E-state index contributed by atoms with van der Waals surface area (Å²) >= 11 is 0. The van der Waals surface area contributed by atoms with Crippen LogP contribution in [-0.2, 0) is 38.0 Å². The molecule has 5 heterocycles. The molecule has 376 valence electrons. The van der Waals surface area contributed by atoms with Crippen molar-refractivity contribution in [3.05, 3.63) is 18.3 Å². The Morgan fingerprint density at radius 2 is 1.71 bits per heavy atom. The van der Waals surface area contributed by atoms with E-state index in [1.807, 2.05) is 39.6 Å². The first-order valence-corrected chi connectivity index (χ1v) is 24.1. The Labute approximate surface area is 391 Å². The molecule has 4 aliphatic heterocycles. The number of aliphatic imine (C=N–C) groups is 1. The fraction of sp³-hybridized carbons (Fsp3) is 0.854. The Morgan fingerprint density at radius 3 is 2.33 bits per heavy atom. The second-order valence-corrected chi connectivity index (χ2v) is 20.8. The van der Waals surface area contributed by atoms with Gasteiger partial charge >= 0.3 is 5.97 Å². The summed E-state index contributed by atoms with van der Waals surface area (Å²) in [4.78, 5) is 25.6. The number of ether oxygens (including phenoxy) is 8. The zero-order valence-corrected chi connectivity index (χ0v) is 41.6. The van der Waals surface area contributed by atoms with Crippen molar-refractivity contribution in [1.29, 1.82) is 0 Å². The van der Waals surface area contributed by atoms with Gasteiger partial charge in [-0.05, 0) is 112 Å². The largest absolute Gasteiger partial charge is 0.481 e. The Morgan fingerprint density at radius 1 is 1.00 bits per heavy atom. The number of methoxy groups -OCH3 is 2. The average molecular weight is 936 g/mol. The number of rotatable bonds is 12. The number of nitrogens with one attached hydrogen (secondary N) is 2. The van der Waals surface area contributed by atoms with Crippen LogP contribution < -0.4 is 15.4 Å². The summed E-state index contributed by atoms with van der Waals surface area (Å²) in [5.74, 6) is -1.64. The van der Waals surface area contributed by atoms with Gasteiger partial charge in [0.15, 0.2) is 18.7 Å². The van der Waals surface area contributed by atoms with Crippen molar-refractivity contribution >= 4 is 17.7 Å². The molecule has 0 bridgehead atoms. The van der Waals surface area contributed by atoms with E-state index in [1.54, 1.807) is 67.2 Å². The summed E-state index contributed by atoms with van der Waals surface area (Å²) in [6, 6.07) is 3.05. The fourth-order valence-electron chi connectivity index (χ4n) is 10.6. The number of cyclic esters (lactones) is 1. The van der Waals surface area contributed by atoms with Crippen LogP contribution in [-0.4, -0.2) is 173 Å². The van der Waals surface area contributed by atoms with Crippen LogP contribution in [0.25, 0.3) is 0 Å². The molecule has 0 spiro atoms. The number of aromatic nitrogens is 1. The van der Waals surface area contributed by atoms with Gasteiger partial charge in [-0.2, -0.15) is 4.99 Å². The SMILES string of the molecule is CC[C@H]1OC(=O)[C@H](C)[C@@H](O[C@H]2C[C@@](C)(OC)[C@](O)(CNCC3CC3)[C@H](C)O2)[C@H](C)[C@@H](O[C@@H]2O[C@H](C)C[C@H]3[C@H]2O/C(=N\c2ccc(OC)nc2)N3C)[C@](C)(O)C[C@@H](C)CN[C@H](C)[C@@H](O)[C@]1(C)O. The molecule has 0 radical (unpaired) electrons. The molecule has 5 aliphatic rings. The molecule has 5 fully saturated rings. The second-order valence-electron chi connectivity index (χ2n) is 20.8. The zero-order chi connectivity index (χ0) is 48.5. The molecule has 1 aromatic rings. The number of hydrogen-bond acceptors (Lipinski definition) is 17. The second kappa shape index (κ2) is 21.1. The normalized spacial score (nSPS) is 44.8. The van der Waals surface area contributed by atoms with Crippen LogP contribution in [0.5, 0.6) is 5.88 Å². The van der Waals surface area contributed by atoms with E-state index in [2.05, 4.69) is 15.6 Å². The highest BCUT2D eigenvalue weighted by Gasteiger charge is 2.59. The molecule has 1 aliphatic carbocycles. The number of carbonyl (C=O) groups is 1. The van der Waals surface area contributed by atoms with Crippen LogP contribution in [0.15, 0.2) is 23.3 Å². The standard InChI is InChI=1S/C48H81N5O13/c1-14-35-47(10,57)40(54)30(6)50-22-26(2)20-45(8,56)41(66-43-39-34(19-27(3)61-43)53(11)44(65-39)52-33-17-18-36(59-12)51-24-33)28(4)38(29(5)42(55)63-35)64-37-21-46(9,60-13)48(58,31(7)62-37)25-49-23-32-15-16-32/h17-18,24,26-32,34-35,37-41,43,49-50,54,56-58H,14-16,19-23,25H2,1-13H3/b52-44-/t26-,27-,28+,29-,30-,31+,34+,35-,37+,38+,39-,40-,41-,43+,45-,46-,47-,48+/m1/s1. The lowest BCUT2D eigenvalue weighted by Gasteiger charge is -2.53. The molecule has 4 saturated heterocycles. The van der Waals surface area contributed by atoms with Gasteiger partial charge in [0.2, 0.25) is 5.88 Å². The number of carbonyl (C=O) groups excluding carboxylic acids is 1.